The Morgan fingerprint density at radius 3 is 2.71 bits per heavy atom. The number of benzene rings is 1. The van der Waals surface area contributed by atoms with E-state index in [9.17, 15) is 4.39 Å². The molecule has 0 saturated carbocycles. The van der Waals surface area contributed by atoms with Crippen molar-refractivity contribution >= 4 is 11.6 Å². The zero-order valence-corrected chi connectivity index (χ0v) is 11.7. The van der Waals surface area contributed by atoms with Gasteiger partial charge in [-0.3, -0.25) is 0 Å². The van der Waals surface area contributed by atoms with Crippen molar-refractivity contribution in [1.82, 2.24) is 19.7 Å². The standard InChI is InChI=1S/C15H14FN5/c1-10-7-8-17-15(19-10)20-13-9-18-21(11(13)2)14-6-4-3-5-12(14)16/h3-9H,1-2H3,(H,17,19,20). The number of hydrogen-bond donors (Lipinski definition) is 1. The highest BCUT2D eigenvalue weighted by molar-refractivity contribution is 5.56. The summed E-state index contributed by atoms with van der Waals surface area (Å²) in [5.41, 5.74) is 2.80. The third-order valence-electron chi connectivity index (χ3n) is 3.13. The summed E-state index contributed by atoms with van der Waals surface area (Å²) in [5.74, 6) is 0.174. The van der Waals surface area contributed by atoms with Crippen LogP contribution in [-0.2, 0) is 0 Å². The van der Waals surface area contributed by atoms with Gasteiger partial charge in [-0.25, -0.2) is 19.0 Å². The van der Waals surface area contributed by atoms with Crippen molar-refractivity contribution in [3.63, 3.8) is 0 Å². The van der Waals surface area contributed by atoms with Crippen LogP contribution >= 0.6 is 0 Å². The zero-order chi connectivity index (χ0) is 14.8. The van der Waals surface area contributed by atoms with Gasteiger partial charge in [-0.1, -0.05) is 12.1 Å². The van der Waals surface area contributed by atoms with Crippen LogP contribution in [0.1, 0.15) is 11.4 Å². The molecule has 0 bridgehead atoms. The lowest BCUT2D eigenvalue weighted by atomic mass is 10.3. The molecular formula is C15H14FN5. The van der Waals surface area contributed by atoms with Crippen molar-refractivity contribution in [2.45, 2.75) is 13.8 Å². The second kappa shape index (κ2) is 5.32. The minimum absolute atomic E-state index is 0.318. The number of nitrogens with one attached hydrogen (secondary N) is 1. The Balaban J connectivity index is 1.95. The fourth-order valence-electron chi connectivity index (χ4n) is 2.03. The summed E-state index contributed by atoms with van der Waals surface area (Å²) in [4.78, 5) is 8.42. The monoisotopic (exact) mass is 283 g/mol. The average Bonchev–Trinajstić information content (AvgIpc) is 2.81. The first kappa shape index (κ1) is 13.2. The van der Waals surface area contributed by atoms with Crippen molar-refractivity contribution in [3.05, 3.63) is 59.9 Å². The lowest BCUT2D eigenvalue weighted by Crippen LogP contribution is -2.03. The van der Waals surface area contributed by atoms with Gasteiger partial charge in [0.2, 0.25) is 5.95 Å². The molecule has 0 spiro atoms. The van der Waals surface area contributed by atoms with Crippen LogP contribution in [-0.4, -0.2) is 19.7 Å². The highest BCUT2D eigenvalue weighted by atomic mass is 19.1. The number of rotatable bonds is 3. The number of aryl methyl sites for hydroxylation is 1. The topological polar surface area (TPSA) is 55.6 Å². The fraction of sp³-hybridized carbons (Fsp3) is 0.133. The lowest BCUT2D eigenvalue weighted by Gasteiger charge is -2.07. The third kappa shape index (κ3) is 2.60. The number of anilines is 2. The maximum Gasteiger partial charge on any atom is 0.227 e. The van der Waals surface area contributed by atoms with Crippen LogP contribution < -0.4 is 5.32 Å². The molecule has 5 nitrogen and oxygen atoms in total. The molecule has 0 atom stereocenters. The van der Waals surface area contributed by atoms with Gasteiger partial charge in [0, 0.05) is 11.9 Å². The third-order valence-corrected chi connectivity index (χ3v) is 3.13. The molecule has 0 radical (unpaired) electrons. The van der Waals surface area contributed by atoms with Gasteiger partial charge in [0.15, 0.2) is 0 Å². The molecule has 0 aliphatic rings. The average molecular weight is 283 g/mol. The summed E-state index contributed by atoms with van der Waals surface area (Å²) in [6, 6.07) is 8.34. The number of halogens is 1. The smallest absolute Gasteiger partial charge is 0.227 e. The fourth-order valence-corrected chi connectivity index (χ4v) is 2.03. The molecule has 0 saturated heterocycles. The Labute approximate surface area is 121 Å². The second-order valence-corrected chi connectivity index (χ2v) is 4.65. The minimum atomic E-state index is -0.318. The summed E-state index contributed by atoms with van der Waals surface area (Å²) in [6.45, 7) is 3.75. The predicted molar refractivity (Wildman–Crippen MR) is 78.3 cm³/mol. The first-order valence-electron chi connectivity index (χ1n) is 6.51. The summed E-state index contributed by atoms with van der Waals surface area (Å²) >= 11 is 0. The number of aromatic nitrogens is 4. The van der Waals surface area contributed by atoms with Crippen molar-refractivity contribution in [2.24, 2.45) is 0 Å². The summed E-state index contributed by atoms with van der Waals surface area (Å²) < 4.78 is 15.4. The second-order valence-electron chi connectivity index (χ2n) is 4.65. The molecule has 6 heteroatoms. The van der Waals surface area contributed by atoms with Gasteiger partial charge in [0.1, 0.15) is 11.5 Å². The molecular weight excluding hydrogens is 269 g/mol. The van der Waals surface area contributed by atoms with E-state index in [-0.39, 0.29) is 5.82 Å². The Kier molecular flexibility index (Phi) is 3.35. The molecule has 3 aromatic rings. The van der Waals surface area contributed by atoms with E-state index in [1.165, 1.54) is 6.07 Å². The largest absolute Gasteiger partial charge is 0.321 e. The van der Waals surface area contributed by atoms with Gasteiger partial charge in [-0.2, -0.15) is 5.10 Å². The molecule has 1 N–H and O–H groups in total. The maximum atomic E-state index is 13.8. The normalized spacial score (nSPS) is 10.6. The van der Waals surface area contributed by atoms with E-state index in [0.717, 1.165) is 17.1 Å². The van der Waals surface area contributed by atoms with E-state index >= 15 is 0 Å². The molecule has 0 aliphatic carbocycles. The molecule has 0 fully saturated rings. The number of hydrogen-bond acceptors (Lipinski definition) is 4. The maximum absolute atomic E-state index is 13.8. The van der Waals surface area contributed by atoms with Gasteiger partial charge in [0.25, 0.3) is 0 Å². The zero-order valence-electron chi connectivity index (χ0n) is 11.7. The first-order chi connectivity index (χ1) is 10.1. The quantitative estimate of drug-likeness (QED) is 0.802. The Bertz CT molecular complexity index is 781. The first-order valence-corrected chi connectivity index (χ1v) is 6.51. The molecule has 0 amide bonds. The molecule has 106 valence electrons. The van der Waals surface area contributed by atoms with Crippen LogP contribution in [0.5, 0.6) is 0 Å². The lowest BCUT2D eigenvalue weighted by molar-refractivity contribution is 0.608. The van der Waals surface area contributed by atoms with E-state index in [0.29, 0.717) is 11.6 Å². The Morgan fingerprint density at radius 1 is 1.14 bits per heavy atom. The summed E-state index contributed by atoms with van der Waals surface area (Å²) in [5, 5.41) is 7.32. The molecule has 0 unspecified atom stereocenters. The van der Waals surface area contributed by atoms with Crippen LogP contribution in [0.4, 0.5) is 16.0 Å². The van der Waals surface area contributed by atoms with E-state index in [4.69, 9.17) is 0 Å². The van der Waals surface area contributed by atoms with Crippen molar-refractivity contribution < 1.29 is 4.39 Å². The van der Waals surface area contributed by atoms with Crippen molar-refractivity contribution in [1.29, 1.82) is 0 Å². The highest BCUT2D eigenvalue weighted by Crippen LogP contribution is 2.22. The molecule has 1 aromatic carbocycles. The molecule has 0 aliphatic heterocycles. The van der Waals surface area contributed by atoms with Gasteiger partial charge < -0.3 is 5.32 Å². The van der Waals surface area contributed by atoms with Crippen LogP contribution in [0.2, 0.25) is 0 Å². The van der Waals surface area contributed by atoms with Gasteiger partial charge in [-0.15, -0.1) is 0 Å². The van der Waals surface area contributed by atoms with Crippen LogP contribution in [0.25, 0.3) is 5.69 Å². The highest BCUT2D eigenvalue weighted by Gasteiger charge is 2.12. The van der Waals surface area contributed by atoms with E-state index in [2.05, 4.69) is 20.4 Å². The molecule has 3 rings (SSSR count). The summed E-state index contributed by atoms with van der Waals surface area (Å²) in [7, 11) is 0. The Hall–Kier alpha value is -2.76. The molecule has 2 heterocycles. The Morgan fingerprint density at radius 2 is 1.95 bits per heavy atom. The summed E-state index contributed by atoms with van der Waals surface area (Å²) in [6.07, 6.45) is 3.31. The molecule has 2 aromatic heterocycles. The van der Waals surface area contributed by atoms with Crippen LogP contribution in [0, 0.1) is 19.7 Å². The van der Waals surface area contributed by atoms with Gasteiger partial charge >= 0.3 is 0 Å². The molecule has 21 heavy (non-hydrogen) atoms. The predicted octanol–water partition coefficient (Wildman–Crippen LogP) is 3.16. The van der Waals surface area contributed by atoms with E-state index < -0.39 is 0 Å². The van der Waals surface area contributed by atoms with Gasteiger partial charge in [0.05, 0.1) is 17.6 Å². The van der Waals surface area contributed by atoms with E-state index in [1.54, 1.807) is 35.3 Å². The van der Waals surface area contributed by atoms with Crippen LogP contribution in [0.3, 0.4) is 0 Å². The number of para-hydroxylation sites is 1. The SMILES string of the molecule is Cc1ccnc(Nc2cnn(-c3ccccc3F)c2C)n1. The van der Waals surface area contributed by atoms with Crippen molar-refractivity contribution in [2.75, 3.05) is 5.32 Å². The van der Waals surface area contributed by atoms with Crippen molar-refractivity contribution in [3.8, 4) is 5.69 Å². The minimum Gasteiger partial charge on any atom is -0.321 e. The number of nitrogens with zero attached hydrogens (tertiary/aromatic N) is 4. The van der Waals surface area contributed by atoms with E-state index in [1.807, 2.05) is 19.9 Å². The van der Waals surface area contributed by atoms with Gasteiger partial charge in [-0.05, 0) is 32.0 Å². The van der Waals surface area contributed by atoms with Crippen LogP contribution in [0.15, 0.2) is 42.7 Å².